The van der Waals surface area contributed by atoms with Crippen molar-refractivity contribution in [2.45, 2.75) is 46.1 Å². The van der Waals surface area contributed by atoms with Crippen molar-refractivity contribution in [3.05, 3.63) is 63.6 Å². The molecule has 6 nitrogen and oxygen atoms in total. The van der Waals surface area contributed by atoms with Crippen LogP contribution in [0.5, 0.6) is 0 Å². The summed E-state index contributed by atoms with van der Waals surface area (Å²) in [5, 5.41) is 5.32. The zero-order valence-electron chi connectivity index (χ0n) is 17.3. The molecule has 1 aliphatic heterocycles. The van der Waals surface area contributed by atoms with Gasteiger partial charge in [0.05, 0.1) is 16.6 Å². The number of benzene rings is 1. The van der Waals surface area contributed by atoms with E-state index in [4.69, 9.17) is 0 Å². The Morgan fingerprint density at radius 2 is 2.03 bits per heavy atom. The minimum atomic E-state index is -0.263. The molecule has 1 N–H and O–H groups in total. The van der Waals surface area contributed by atoms with E-state index in [1.807, 2.05) is 31.7 Å². The first-order valence-electron chi connectivity index (χ1n) is 10.4. The van der Waals surface area contributed by atoms with Crippen LogP contribution in [0.3, 0.4) is 0 Å². The molecule has 1 amide bonds. The van der Waals surface area contributed by atoms with Gasteiger partial charge in [0.15, 0.2) is 0 Å². The number of aromatic amines is 1. The maximum absolute atomic E-state index is 13.4. The molecule has 1 saturated heterocycles. The summed E-state index contributed by atoms with van der Waals surface area (Å²) >= 11 is 0. The Labute approximate surface area is 170 Å². The maximum Gasteiger partial charge on any atom is 0.254 e. The number of H-pyrrole nitrogens is 1. The number of hydrogen-bond donors (Lipinski definition) is 1. The van der Waals surface area contributed by atoms with Crippen molar-refractivity contribution >= 4 is 16.9 Å². The minimum absolute atomic E-state index is 0.0646. The highest BCUT2D eigenvalue weighted by Crippen LogP contribution is 2.26. The fourth-order valence-corrected chi connectivity index (χ4v) is 4.42. The normalized spacial score (nSPS) is 17.2. The summed E-state index contributed by atoms with van der Waals surface area (Å²) in [5.41, 5.74) is 2.91. The van der Waals surface area contributed by atoms with Crippen LogP contribution in [-0.2, 0) is 6.42 Å². The molecule has 1 aliphatic rings. The zero-order chi connectivity index (χ0) is 20.5. The van der Waals surface area contributed by atoms with E-state index in [0.29, 0.717) is 17.1 Å². The molecular weight excluding hydrogens is 364 g/mol. The summed E-state index contributed by atoms with van der Waals surface area (Å²) < 4.78 is 1.79. The number of pyridine rings is 1. The van der Waals surface area contributed by atoms with Crippen LogP contribution in [0, 0.1) is 12.8 Å². The summed E-state index contributed by atoms with van der Waals surface area (Å²) in [7, 11) is 0. The molecule has 0 radical (unpaired) electrons. The molecule has 3 heterocycles. The van der Waals surface area contributed by atoms with Gasteiger partial charge in [-0.2, -0.15) is 5.10 Å². The molecular formula is C23H28N4O2. The molecule has 152 valence electrons. The second-order valence-electron chi connectivity index (χ2n) is 8.34. The van der Waals surface area contributed by atoms with E-state index in [1.165, 1.54) is 11.6 Å². The van der Waals surface area contributed by atoms with Crippen molar-refractivity contribution in [1.82, 2.24) is 19.7 Å². The molecule has 0 aliphatic carbocycles. The van der Waals surface area contributed by atoms with E-state index >= 15 is 0 Å². The Morgan fingerprint density at radius 1 is 1.28 bits per heavy atom. The predicted octanol–water partition coefficient (Wildman–Crippen LogP) is 3.71. The largest absolute Gasteiger partial charge is 0.338 e. The highest BCUT2D eigenvalue weighted by molar-refractivity contribution is 6.06. The molecule has 0 spiro atoms. The summed E-state index contributed by atoms with van der Waals surface area (Å²) in [6.45, 7) is 7.37. The number of nitrogens with one attached hydrogen (secondary N) is 1. The third-order valence-electron chi connectivity index (χ3n) is 5.76. The lowest BCUT2D eigenvalue weighted by atomic mass is 9.91. The summed E-state index contributed by atoms with van der Waals surface area (Å²) in [5.74, 6) is 0.373. The van der Waals surface area contributed by atoms with Gasteiger partial charge in [-0.3, -0.25) is 9.59 Å². The Balaban J connectivity index is 1.64. The van der Waals surface area contributed by atoms with Gasteiger partial charge in [0, 0.05) is 25.2 Å². The number of carbonyl (C=O) groups is 1. The number of aromatic nitrogens is 3. The lowest BCUT2D eigenvalue weighted by molar-refractivity contribution is 0.0675. The van der Waals surface area contributed by atoms with Crippen molar-refractivity contribution in [2.75, 3.05) is 13.1 Å². The lowest BCUT2D eigenvalue weighted by Gasteiger charge is -2.33. The highest BCUT2D eigenvalue weighted by Gasteiger charge is 2.27. The molecule has 29 heavy (non-hydrogen) atoms. The van der Waals surface area contributed by atoms with Crippen molar-refractivity contribution in [1.29, 1.82) is 0 Å². The SMILES string of the molecule is Cc1nn(C(C)C)c2[nH]c(=O)cc(C(=O)N3CCCC(Cc4ccccc4)C3)c12. The predicted molar refractivity (Wildman–Crippen MR) is 114 cm³/mol. The Kier molecular flexibility index (Phi) is 5.26. The van der Waals surface area contributed by atoms with Crippen molar-refractivity contribution < 1.29 is 4.79 Å². The Hall–Kier alpha value is -2.89. The van der Waals surface area contributed by atoms with Crippen molar-refractivity contribution in [2.24, 2.45) is 5.92 Å². The minimum Gasteiger partial charge on any atom is -0.338 e. The molecule has 1 unspecified atom stereocenters. The summed E-state index contributed by atoms with van der Waals surface area (Å²) in [4.78, 5) is 30.5. The van der Waals surface area contributed by atoms with Crippen LogP contribution in [0.15, 0.2) is 41.2 Å². The number of likely N-dealkylation sites (tertiary alicyclic amines) is 1. The Morgan fingerprint density at radius 3 is 2.76 bits per heavy atom. The molecule has 3 aromatic rings. The van der Waals surface area contributed by atoms with Crippen LogP contribution in [0.1, 0.15) is 54.3 Å². The summed E-state index contributed by atoms with van der Waals surface area (Å²) in [6, 6.07) is 12.0. The fraction of sp³-hybridized carbons (Fsp3) is 0.435. The van der Waals surface area contributed by atoms with E-state index < -0.39 is 0 Å². The van der Waals surface area contributed by atoms with Gasteiger partial charge in [0.25, 0.3) is 5.91 Å². The van der Waals surface area contributed by atoms with E-state index in [2.05, 4.69) is 34.3 Å². The standard InChI is InChI=1S/C23H28N4O2/c1-15(2)27-22-21(16(3)25-27)19(13-20(28)24-22)23(29)26-11-7-10-18(14-26)12-17-8-5-4-6-9-17/h4-6,8-9,13,15,18H,7,10-12,14H2,1-3H3,(H,24,28). The maximum atomic E-state index is 13.4. The monoisotopic (exact) mass is 392 g/mol. The number of fused-ring (bicyclic) bond motifs is 1. The van der Waals surface area contributed by atoms with Gasteiger partial charge in [-0.15, -0.1) is 0 Å². The van der Waals surface area contributed by atoms with Gasteiger partial charge < -0.3 is 9.88 Å². The molecule has 1 atom stereocenters. The van der Waals surface area contributed by atoms with E-state index in [9.17, 15) is 9.59 Å². The average Bonchev–Trinajstić information content (AvgIpc) is 3.04. The number of amides is 1. The van der Waals surface area contributed by atoms with Gasteiger partial charge in [0.2, 0.25) is 5.56 Å². The highest BCUT2D eigenvalue weighted by atomic mass is 16.2. The van der Waals surface area contributed by atoms with Crippen LogP contribution in [-0.4, -0.2) is 38.7 Å². The van der Waals surface area contributed by atoms with Crippen LogP contribution < -0.4 is 5.56 Å². The third kappa shape index (κ3) is 3.84. The number of piperidine rings is 1. The van der Waals surface area contributed by atoms with Gasteiger partial charge in [-0.05, 0) is 51.5 Å². The van der Waals surface area contributed by atoms with Crippen molar-refractivity contribution in [3.8, 4) is 0 Å². The van der Waals surface area contributed by atoms with Gasteiger partial charge in [-0.1, -0.05) is 30.3 Å². The first-order valence-corrected chi connectivity index (χ1v) is 10.4. The first-order chi connectivity index (χ1) is 13.9. The van der Waals surface area contributed by atoms with E-state index in [-0.39, 0.29) is 17.5 Å². The molecule has 6 heteroatoms. The second kappa shape index (κ2) is 7.85. The second-order valence-corrected chi connectivity index (χ2v) is 8.34. The third-order valence-corrected chi connectivity index (χ3v) is 5.76. The smallest absolute Gasteiger partial charge is 0.254 e. The van der Waals surface area contributed by atoms with Gasteiger partial charge >= 0.3 is 0 Å². The number of rotatable bonds is 4. The molecule has 1 aromatic carbocycles. The average molecular weight is 393 g/mol. The molecule has 2 aromatic heterocycles. The first kappa shape index (κ1) is 19.4. The van der Waals surface area contributed by atoms with Crippen LogP contribution in [0.4, 0.5) is 0 Å². The van der Waals surface area contributed by atoms with Gasteiger partial charge in [0.1, 0.15) is 5.65 Å². The number of nitrogens with zero attached hydrogens (tertiary/aromatic N) is 3. The Bertz CT molecular complexity index is 1080. The van der Waals surface area contributed by atoms with Gasteiger partial charge in [-0.25, -0.2) is 4.68 Å². The fourth-order valence-electron chi connectivity index (χ4n) is 4.42. The van der Waals surface area contributed by atoms with E-state index in [0.717, 1.165) is 43.4 Å². The molecule has 1 fully saturated rings. The zero-order valence-corrected chi connectivity index (χ0v) is 17.3. The molecule has 0 bridgehead atoms. The number of aryl methyl sites for hydroxylation is 1. The van der Waals surface area contributed by atoms with Crippen LogP contribution >= 0.6 is 0 Å². The van der Waals surface area contributed by atoms with Crippen LogP contribution in [0.25, 0.3) is 11.0 Å². The number of carbonyl (C=O) groups excluding carboxylic acids is 1. The quantitative estimate of drug-likeness (QED) is 0.736. The lowest BCUT2D eigenvalue weighted by Crippen LogP contribution is -2.41. The van der Waals surface area contributed by atoms with Crippen molar-refractivity contribution in [3.63, 3.8) is 0 Å². The topological polar surface area (TPSA) is 71.0 Å². The number of hydrogen-bond acceptors (Lipinski definition) is 3. The van der Waals surface area contributed by atoms with Crippen LogP contribution in [0.2, 0.25) is 0 Å². The molecule has 0 saturated carbocycles. The van der Waals surface area contributed by atoms with E-state index in [1.54, 1.807) is 4.68 Å². The summed E-state index contributed by atoms with van der Waals surface area (Å²) in [6.07, 6.45) is 3.08. The molecule has 4 rings (SSSR count).